The van der Waals surface area contributed by atoms with Crippen LogP contribution in [0.25, 0.3) is 6.08 Å². The van der Waals surface area contributed by atoms with Crippen LogP contribution in [0.15, 0.2) is 48.5 Å². The monoisotopic (exact) mass is 480 g/mol. The van der Waals surface area contributed by atoms with Crippen molar-refractivity contribution in [3.05, 3.63) is 65.5 Å². The fourth-order valence-corrected chi connectivity index (χ4v) is 4.05. The Hall–Kier alpha value is -3.86. The van der Waals surface area contributed by atoms with Crippen LogP contribution in [0.4, 0.5) is 4.39 Å². The molecule has 1 amide bonds. The van der Waals surface area contributed by atoms with Crippen LogP contribution in [0.5, 0.6) is 11.5 Å². The van der Waals surface area contributed by atoms with Gasteiger partial charge >= 0.3 is 5.97 Å². The molecule has 1 fully saturated rings. The molecule has 2 aromatic rings. The van der Waals surface area contributed by atoms with Gasteiger partial charge in [0.2, 0.25) is 0 Å². The number of ether oxygens (including phenoxy) is 3. The highest BCUT2D eigenvalue weighted by Crippen LogP contribution is 2.28. The maximum atomic E-state index is 13.3. The lowest BCUT2D eigenvalue weighted by Crippen LogP contribution is -2.43. The van der Waals surface area contributed by atoms with Crippen LogP contribution in [0, 0.1) is 17.1 Å². The number of esters is 1. The Labute approximate surface area is 204 Å². The molecule has 0 N–H and O–H groups in total. The molecule has 2 aromatic carbocycles. The first kappa shape index (κ1) is 25.8. The van der Waals surface area contributed by atoms with Gasteiger partial charge in [0.25, 0.3) is 5.91 Å². The van der Waals surface area contributed by atoms with E-state index in [1.54, 1.807) is 41.3 Å². The van der Waals surface area contributed by atoms with E-state index in [0.29, 0.717) is 23.6 Å². The number of halogens is 1. The molecule has 0 heterocycles. The highest BCUT2D eigenvalue weighted by molar-refractivity contribution is 5.89. The summed E-state index contributed by atoms with van der Waals surface area (Å²) in [6.45, 7) is -0.132. The fourth-order valence-electron chi connectivity index (χ4n) is 4.05. The Kier molecular flexibility index (Phi) is 9.67. The summed E-state index contributed by atoms with van der Waals surface area (Å²) in [5, 5.41) is 8.65. The summed E-state index contributed by atoms with van der Waals surface area (Å²) in [7, 11) is 1.48. The molecule has 3 rings (SSSR count). The van der Waals surface area contributed by atoms with E-state index in [4.69, 9.17) is 19.5 Å². The molecule has 1 aliphatic rings. The molecule has 0 radical (unpaired) electrons. The molecule has 35 heavy (non-hydrogen) atoms. The molecular weight excluding hydrogens is 451 g/mol. The molecule has 0 spiro atoms. The summed E-state index contributed by atoms with van der Waals surface area (Å²) >= 11 is 0. The molecular formula is C27H29FN2O5. The molecule has 1 aliphatic carbocycles. The maximum Gasteiger partial charge on any atom is 0.331 e. The topological polar surface area (TPSA) is 88.9 Å². The number of carbonyl (C=O) groups is 2. The summed E-state index contributed by atoms with van der Waals surface area (Å²) in [6.07, 6.45) is 7.82. The third-order valence-corrected chi connectivity index (χ3v) is 5.83. The quantitative estimate of drug-likeness (QED) is 0.363. The van der Waals surface area contributed by atoms with Crippen molar-refractivity contribution in [1.29, 1.82) is 5.26 Å². The Bertz CT molecular complexity index is 1070. The van der Waals surface area contributed by atoms with E-state index in [9.17, 15) is 14.0 Å². The third kappa shape index (κ3) is 7.85. The molecule has 0 unspecified atom stereocenters. The minimum Gasteiger partial charge on any atom is -0.493 e. The fraction of sp³-hybridized carbons (Fsp3) is 0.370. The average molecular weight is 481 g/mol. The van der Waals surface area contributed by atoms with Crippen molar-refractivity contribution in [3.8, 4) is 17.6 Å². The van der Waals surface area contributed by atoms with Crippen LogP contribution in [-0.4, -0.2) is 43.1 Å². The van der Waals surface area contributed by atoms with Crippen molar-refractivity contribution in [1.82, 2.24) is 4.90 Å². The number of amides is 1. The first-order valence-corrected chi connectivity index (χ1v) is 11.6. The van der Waals surface area contributed by atoms with Gasteiger partial charge in [-0.3, -0.25) is 4.79 Å². The number of benzene rings is 2. The van der Waals surface area contributed by atoms with E-state index in [-0.39, 0.29) is 31.0 Å². The number of hydrogen-bond acceptors (Lipinski definition) is 6. The minimum absolute atomic E-state index is 0.0739. The van der Waals surface area contributed by atoms with E-state index >= 15 is 0 Å². The van der Waals surface area contributed by atoms with Gasteiger partial charge in [-0.15, -0.1) is 0 Å². The smallest absolute Gasteiger partial charge is 0.331 e. The summed E-state index contributed by atoms with van der Waals surface area (Å²) in [6, 6.07) is 13.1. The van der Waals surface area contributed by atoms with E-state index in [1.165, 1.54) is 25.3 Å². The van der Waals surface area contributed by atoms with Gasteiger partial charge in [-0.05, 0) is 54.3 Å². The number of nitriles is 1. The molecule has 184 valence electrons. The second-order valence-electron chi connectivity index (χ2n) is 8.24. The summed E-state index contributed by atoms with van der Waals surface area (Å²) in [4.78, 5) is 27.0. The summed E-state index contributed by atoms with van der Waals surface area (Å²) in [5.74, 6) is -0.402. The van der Waals surface area contributed by atoms with Gasteiger partial charge in [-0.2, -0.15) is 5.26 Å². The highest BCUT2D eigenvalue weighted by Gasteiger charge is 2.26. The van der Waals surface area contributed by atoms with Crippen LogP contribution in [0.2, 0.25) is 0 Å². The predicted octanol–water partition coefficient (Wildman–Crippen LogP) is 4.65. The van der Waals surface area contributed by atoms with Crippen LogP contribution < -0.4 is 9.47 Å². The average Bonchev–Trinajstić information content (AvgIpc) is 2.89. The van der Waals surface area contributed by atoms with Gasteiger partial charge in [0.1, 0.15) is 11.9 Å². The van der Waals surface area contributed by atoms with Crippen molar-refractivity contribution in [2.75, 3.05) is 20.3 Å². The third-order valence-electron chi connectivity index (χ3n) is 5.83. The predicted molar refractivity (Wildman–Crippen MR) is 128 cm³/mol. The van der Waals surface area contributed by atoms with Crippen LogP contribution in [0.1, 0.15) is 43.2 Å². The number of hydrogen-bond donors (Lipinski definition) is 0. The van der Waals surface area contributed by atoms with E-state index < -0.39 is 5.97 Å². The normalized spacial score (nSPS) is 13.7. The van der Waals surface area contributed by atoms with Gasteiger partial charge in [0, 0.05) is 18.7 Å². The van der Waals surface area contributed by atoms with Gasteiger partial charge < -0.3 is 19.1 Å². The van der Waals surface area contributed by atoms with Gasteiger partial charge in [0.05, 0.1) is 7.11 Å². The number of methoxy groups -OCH3 is 1. The zero-order chi connectivity index (χ0) is 25.0. The maximum absolute atomic E-state index is 13.3. The molecule has 1 saturated carbocycles. The zero-order valence-corrected chi connectivity index (χ0v) is 19.7. The van der Waals surface area contributed by atoms with Gasteiger partial charge in [0.15, 0.2) is 24.7 Å². The lowest BCUT2D eigenvalue weighted by Gasteiger charge is -2.34. The van der Waals surface area contributed by atoms with E-state index in [2.05, 4.69) is 0 Å². The number of rotatable bonds is 10. The van der Waals surface area contributed by atoms with Crippen LogP contribution in [0.3, 0.4) is 0 Å². The second-order valence-corrected chi connectivity index (χ2v) is 8.24. The lowest BCUT2D eigenvalue weighted by atomic mass is 9.93. The standard InChI is InChI=1S/C27H29FN2O5/c1-33-25-17-20(9-13-24(25)34-16-15-29)10-14-27(32)35-19-26(31)30(23-5-3-2-4-6-23)18-21-7-11-22(28)12-8-21/h7-14,17,23H,2-6,16,18-19H2,1H3/b14-10+. The van der Waals surface area contributed by atoms with Gasteiger partial charge in [-0.1, -0.05) is 37.5 Å². The lowest BCUT2D eigenvalue weighted by molar-refractivity contribution is -0.150. The Morgan fingerprint density at radius 1 is 1.11 bits per heavy atom. The van der Waals surface area contributed by atoms with Crippen molar-refractivity contribution < 1.29 is 28.2 Å². The molecule has 0 bridgehead atoms. The zero-order valence-electron chi connectivity index (χ0n) is 19.7. The molecule has 8 heteroatoms. The Morgan fingerprint density at radius 3 is 2.54 bits per heavy atom. The first-order chi connectivity index (χ1) is 17.0. The van der Waals surface area contributed by atoms with Gasteiger partial charge in [-0.25, -0.2) is 9.18 Å². The first-order valence-electron chi connectivity index (χ1n) is 11.6. The largest absolute Gasteiger partial charge is 0.493 e. The molecule has 0 atom stereocenters. The second kappa shape index (κ2) is 13.1. The summed E-state index contributed by atoms with van der Waals surface area (Å²) < 4.78 is 29.0. The van der Waals surface area contributed by atoms with Crippen molar-refractivity contribution in [2.24, 2.45) is 0 Å². The molecule has 0 aromatic heterocycles. The number of nitrogens with zero attached hydrogens (tertiary/aromatic N) is 2. The molecule has 0 saturated heterocycles. The van der Waals surface area contributed by atoms with Crippen LogP contribution in [-0.2, 0) is 20.9 Å². The molecule has 7 nitrogen and oxygen atoms in total. The van der Waals surface area contributed by atoms with Crippen molar-refractivity contribution >= 4 is 18.0 Å². The summed E-state index contributed by atoms with van der Waals surface area (Å²) in [5.41, 5.74) is 1.49. The minimum atomic E-state index is -0.646. The SMILES string of the molecule is COc1cc(/C=C/C(=O)OCC(=O)N(Cc2ccc(F)cc2)C2CCCCC2)ccc1OCC#N. The van der Waals surface area contributed by atoms with E-state index in [1.807, 2.05) is 6.07 Å². The molecule has 0 aliphatic heterocycles. The Balaban J connectivity index is 1.60. The van der Waals surface area contributed by atoms with Crippen molar-refractivity contribution in [2.45, 2.75) is 44.7 Å². The highest BCUT2D eigenvalue weighted by atomic mass is 19.1. The number of carbonyl (C=O) groups excluding carboxylic acids is 2. The van der Waals surface area contributed by atoms with E-state index in [0.717, 1.165) is 37.7 Å². The Morgan fingerprint density at radius 2 is 1.86 bits per heavy atom. The van der Waals surface area contributed by atoms with Crippen molar-refractivity contribution in [3.63, 3.8) is 0 Å². The van der Waals surface area contributed by atoms with Crippen LogP contribution >= 0.6 is 0 Å².